The molecule has 0 aromatic heterocycles. The third-order valence-electron chi connectivity index (χ3n) is 5.10. The molecule has 0 spiro atoms. The fourth-order valence-corrected chi connectivity index (χ4v) is 3.77. The van der Waals surface area contributed by atoms with Crippen molar-refractivity contribution >= 4 is 17.1 Å². The van der Waals surface area contributed by atoms with E-state index in [1.165, 1.54) is 39.5 Å². The lowest BCUT2D eigenvalue weighted by atomic mass is 10.1. The monoisotopic (exact) mass is 315 g/mol. The van der Waals surface area contributed by atoms with Gasteiger partial charge in [-0.2, -0.15) is 4.58 Å². The molecule has 2 nitrogen and oxygen atoms in total. The predicted octanol–water partition coefficient (Wildman–Crippen LogP) is 4.48. The van der Waals surface area contributed by atoms with Gasteiger partial charge in [0.2, 0.25) is 5.69 Å². The van der Waals surface area contributed by atoms with Gasteiger partial charge in [0.15, 0.2) is 5.71 Å². The molecule has 0 radical (unpaired) electrons. The molecule has 0 fully saturated rings. The number of rotatable bonds is 2. The first kappa shape index (κ1) is 14.9. The van der Waals surface area contributed by atoms with Crippen LogP contribution in [0.25, 0.3) is 0 Å². The van der Waals surface area contributed by atoms with Gasteiger partial charge >= 0.3 is 0 Å². The Kier molecular flexibility index (Phi) is 3.61. The average molecular weight is 315 g/mol. The maximum absolute atomic E-state index is 2.32. The SMILES string of the molecule is CC(=CC1=[N+](C)c2ccccc2C1)C=C1Cc2ccccc2N1C. The van der Waals surface area contributed by atoms with E-state index < -0.39 is 0 Å². The fourth-order valence-electron chi connectivity index (χ4n) is 3.77. The highest BCUT2D eigenvalue weighted by Crippen LogP contribution is 2.33. The van der Waals surface area contributed by atoms with Crippen LogP contribution in [0.2, 0.25) is 0 Å². The van der Waals surface area contributed by atoms with Gasteiger partial charge in [0.25, 0.3) is 0 Å². The van der Waals surface area contributed by atoms with Gasteiger partial charge in [0.05, 0.1) is 6.42 Å². The highest BCUT2D eigenvalue weighted by atomic mass is 15.1. The zero-order chi connectivity index (χ0) is 16.7. The zero-order valence-electron chi connectivity index (χ0n) is 14.6. The van der Waals surface area contributed by atoms with Crippen molar-refractivity contribution in [2.24, 2.45) is 0 Å². The number of para-hydroxylation sites is 2. The Bertz CT molecular complexity index is 900. The van der Waals surface area contributed by atoms with Gasteiger partial charge in [0.1, 0.15) is 7.05 Å². The van der Waals surface area contributed by atoms with Crippen LogP contribution in [0.15, 0.2) is 72.0 Å². The van der Waals surface area contributed by atoms with Crippen LogP contribution in [0.5, 0.6) is 0 Å². The number of nitrogens with zero attached hydrogens (tertiary/aromatic N) is 2. The third kappa shape index (κ3) is 2.48. The molecule has 2 aromatic carbocycles. The van der Waals surface area contributed by atoms with Crippen molar-refractivity contribution in [2.45, 2.75) is 19.8 Å². The smallest absolute Gasteiger partial charge is 0.208 e. The number of benzene rings is 2. The van der Waals surface area contributed by atoms with Gasteiger partial charge in [-0.25, -0.2) is 0 Å². The van der Waals surface area contributed by atoms with E-state index in [1.807, 2.05) is 0 Å². The molecule has 0 saturated heterocycles. The normalized spacial score (nSPS) is 18.4. The summed E-state index contributed by atoms with van der Waals surface area (Å²) in [6.45, 7) is 2.20. The molecule has 0 bridgehead atoms. The Hall–Kier alpha value is -2.61. The summed E-state index contributed by atoms with van der Waals surface area (Å²) in [6, 6.07) is 17.3. The van der Waals surface area contributed by atoms with Gasteiger partial charge in [0, 0.05) is 42.6 Å². The molecule has 0 unspecified atom stereocenters. The molecule has 2 heteroatoms. The maximum atomic E-state index is 2.32. The molecule has 120 valence electrons. The van der Waals surface area contributed by atoms with Gasteiger partial charge in [-0.1, -0.05) is 36.4 Å². The van der Waals surface area contributed by atoms with Crippen LogP contribution in [0.1, 0.15) is 18.1 Å². The van der Waals surface area contributed by atoms with E-state index >= 15 is 0 Å². The Morgan fingerprint density at radius 2 is 1.71 bits per heavy atom. The number of hydrogen-bond donors (Lipinski definition) is 0. The number of fused-ring (bicyclic) bond motifs is 2. The van der Waals surface area contributed by atoms with E-state index in [4.69, 9.17) is 0 Å². The van der Waals surface area contributed by atoms with E-state index in [1.54, 1.807) is 0 Å². The number of likely N-dealkylation sites (N-methyl/N-ethyl adjacent to an activating group) is 1. The van der Waals surface area contributed by atoms with E-state index in [0.717, 1.165) is 12.8 Å². The number of hydrogen-bond acceptors (Lipinski definition) is 1. The summed E-state index contributed by atoms with van der Waals surface area (Å²) < 4.78 is 2.31. The molecule has 0 aliphatic carbocycles. The number of allylic oxidation sites excluding steroid dienone is 4. The molecular formula is C22H23N2+. The molecule has 2 heterocycles. The minimum Gasteiger partial charge on any atom is -0.348 e. The second-order valence-corrected chi connectivity index (χ2v) is 6.74. The predicted molar refractivity (Wildman–Crippen MR) is 101 cm³/mol. The van der Waals surface area contributed by atoms with Crippen molar-refractivity contribution < 1.29 is 4.58 Å². The van der Waals surface area contributed by atoms with Crippen LogP contribution in [0, 0.1) is 0 Å². The van der Waals surface area contributed by atoms with Gasteiger partial charge in [-0.05, 0) is 30.2 Å². The average Bonchev–Trinajstić information content (AvgIpc) is 3.06. The molecule has 2 aromatic rings. The topological polar surface area (TPSA) is 6.25 Å². The lowest BCUT2D eigenvalue weighted by Gasteiger charge is -2.14. The largest absolute Gasteiger partial charge is 0.348 e. The first-order valence-corrected chi connectivity index (χ1v) is 8.51. The molecule has 0 atom stereocenters. The van der Waals surface area contributed by atoms with Crippen molar-refractivity contribution in [1.29, 1.82) is 0 Å². The van der Waals surface area contributed by atoms with Crippen LogP contribution in [0.3, 0.4) is 0 Å². The Labute approximate surface area is 144 Å². The minimum atomic E-state index is 1.02. The lowest BCUT2D eigenvalue weighted by Crippen LogP contribution is -2.11. The molecule has 0 N–H and O–H groups in total. The highest BCUT2D eigenvalue weighted by Gasteiger charge is 2.25. The summed E-state index contributed by atoms with van der Waals surface area (Å²) in [5.74, 6) is 0. The highest BCUT2D eigenvalue weighted by molar-refractivity contribution is 5.96. The minimum absolute atomic E-state index is 1.02. The van der Waals surface area contributed by atoms with Crippen LogP contribution in [-0.4, -0.2) is 24.4 Å². The van der Waals surface area contributed by atoms with Gasteiger partial charge in [-0.3, -0.25) is 0 Å². The fraction of sp³-hybridized carbons (Fsp3) is 0.227. The van der Waals surface area contributed by atoms with Crippen LogP contribution in [0.4, 0.5) is 11.4 Å². The molecule has 0 saturated carbocycles. The van der Waals surface area contributed by atoms with Gasteiger partial charge in [-0.15, -0.1) is 0 Å². The maximum Gasteiger partial charge on any atom is 0.208 e. The first-order valence-electron chi connectivity index (χ1n) is 8.51. The van der Waals surface area contributed by atoms with Gasteiger partial charge < -0.3 is 4.90 Å². The second-order valence-electron chi connectivity index (χ2n) is 6.74. The third-order valence-corrected chi connectivity index (χ3v) is 5.10. The summed E-state index contributed by atoms with van der Waals surface area (Å²) in [4.78, 5) is 2.31. The van der Waals surface area contributed by atoms with Crippen molar-refractivity contribution in [3.8, 4) is 0 Å². The van der Waals surface area contributed by atoms with Crippen molar-refractivity contribution in [2.75, 3.05) is 19.0 Å². The summed E-state index contributed by atoms with van der Waals surface area (Å²) in [5, 5.41) is 0. The molecule has 2 aliphatic rings. The lowest BCUT2D eigenvalue weighted by molar-refractivity contribution is -0.400. The summed E-state index contributed by atoms with van der Waals surface area (Å²) in [7, 11) is 4.32. The summed E-state index contributed by atoms with van der Waals surface area (Å²) >= 11 is 0. The first-order chi connectivity index (χ1) is 11.6. The van der Waals surface area contributed by atoms with E-state index in [-0.39, 0.29) is 0 Å². The van der Waals surface area contributed by atoms with E-state index in [0.29, 0.717) is 0 Å². The molecule has 4 rings (SSSR count). The Balaban J connectivity index is 1.61. The standard InChI is InChI=1S/C22H23N2/c1-16(12-19-14-17-8-4-6-10-21(17)23(19)2)13-20-15-18-9-5-7-11-22(18)24(20)3/h4-13H,14-15H2,1-3H3/q+1. The van der Waals surface area contributed by atoms with E-state index in [2.05, 4.69) is 91.2 Å². The molecule has 2 aliphatic heterocycles. The summed E-state index contributed by atoms with van der Waals surface area (Å²) in [5.41, 5.74) is 9.52. The van der Waals surface area contributed by atoms with Crippen LogP contribution >= 0.6 is 0 Å². The number of anilines is 1. The van der Waals surface area contributed by atoms with E-state index in [9.17, 15) is 0 Å². The molecule has 24 heavy (non-hydrogen) atoms. The Morgan fingerprint density at radius 3 is 2.46 bits per heavy atom. The van der Waals surface area contributed by atoms with Crippen LogP contribution in [-0.2, 0) is 12.8 Å². The second kappa shape index (κ2) is 5.79. The van der Waals surface area contributed by atoms with Crippen molar-refractivity contribution in [3.05, 3.63) is 83.1 Å². The molecule has 0 amide bonds. The quantitative estimate of drug-likeness (QED) is 0.741. The van der Waals surface area contributed by atoms with Crippen molar-refractivity contribution in [1.82, 2.24) is 0 Å². The molecular weight excluding hydrogens is 292 g/mol. The van der Waals surface area contributed by atoms with Crippen molar-refractivity contribution in [3.63, 3.8) is 0 Å². The zero-order valence-corrected chi connectivity index (χ0v) is 14.6. The summed E-state index contributed by atoms with van der Waals surface area (Å²) in [6.07, 6.45) is 6.68. The van der Waals surface area contributed by atoms with Crippen LogP contribution < -0.4 is 4.90 Å². The Morgan fingerprint density at radius 1 is 1.00 bits per heavy atom.